The Morgan fingerprint density at radius 2 is 1.70 bits per heavy atom. The first-order valence-corrected chi connectivity index (χ1v) is 10.9. The number of hydrogen-bond donors (Lipinski definition) is 1. The van der Waals surface area contributed by atoms with Crippen molar-refractivity contribution in [3.05, 3.63) is 53.1 Å². The largest absolute Gasteiger partial charge is 0.484 e. The Labute approximate surface area is 195 Å². The molecule has 0 spiro atoms. The quantitative estimate of drug-likeness (QED) is 0.647. The fourth-order valence-corrected chi connectivity index (χ4v) is 3.77. The van der Waals surface area contributed by atoms with Gasteiger partial charge >= 0.3 is 12.1 Å². The minimum Gasteiger partial charge on any atom is -0.484 e. The minimum absolute atomic E-state index is 0.0529. The Morgan fingerprint density at radius 3 is 2.24 bits per heavy atom. The molecule has 1 N–H and O–H groups in total. The number of nitrogens with zero attached hydrogens (tertiary/aromatic N) is 2. The molecule has 10 heteroatoms. The average molecular weight is 484 g/mol. The second kappa shape index (κ2) is 10.3. The maximum Gasteiger partial charge on any atom is 0.471 e. The van der Waals surface area contributed by atoms with Crippen LogP contribution in [0.15, 0.2) is 42.5 Å². The van der Waals surface area contributed by atoms with Crippen molar-refractivity contribution in [2.75, 3.05) is 43.0 Å². The van der Waals surface area contributed by atoms with E-state index in [4.69, 9.17) is 16.3 Å². The highest BCUT2D eigenvalue weighted by atomic mass is 35.5. The van der Waals surface area contributed by atoms with Crippen molar-refractivity contribution in [2.45, 2.75) is 25.9 Å². The number of hydrogen-bond acceptors (Lipinski definition) is 4. The first kappa shape index (κ1) is 24.7. The smallest absolute Gasteiger partial charge is 0.471 e. The predicted octanol–water partition coefficient (Wildman–Crippen LogP) is 4.69. The van der Waals surface area contributed by atoms with Crippen LogP contribution in [0, 0.1) is 0 Å². The molecule has 1 fully saturated rings. The second-order valence-electron chi connectivity index (χ2n) is 8.00. The van der Waals surface area contributed by atoms with Crippen LogP contribution in [0.1, 0.15) is 25.3 Å². The Hall–Kier alpha value is -2.94. The summed E-state index contributed by atoms with van der Waals surface area (Å²) in [7, 11) is 0. The van der Waals surface area contributed by atoms with Gasteiger partial charge in [-0.25, -0.2) is 0 Å². The fourth-order valence-electron chi connectivity index (χ4n) is 3.47. The third kappa shape index (κ3) is 6.54. The van der Waals surface area contributed by atoms with E-state index in [1.54, 1.807) is 23.1 Å². The van der Waals surface area contributed by atoms with Crippen LogP contribution in [-0.4, -0.2) is 55.7 Å². The van der Waals surface area contributed by atoms with E-state index < -0.39 is 12.1 Å². The molecule has 1 aliphatic heterocycles. The minimum atomic E-state index is -4.87. The molecule has 2 amide bonds. The first-order valence-electron chi connectivity index (χ1n) is 10.5. The van der Waals surface area contributed by atoms with Gasteiger partial charge in [-0.2, -0.15) is 13.2 Å². The van der Waals surface area contributed by atoms with Crippen molar-refractivity contribution in [2.24, 2.45) is 0 Å². The zero-order chi connectivity index (χ0) is 24.2. The number of amides is 2. The third-order valence-electron chi connectivity index (χ3n) is 5.30. The molecular formula is C23H25ClF3N3O3. The Balaban J connectivity index is 1.52. The number of carbonyl (C=O) groups excluding carboxylic acids is 2. The van der Waals surface area contributed by atoms with Crippen LogP contribution < -0.4 is 15.0 Å². The van der Waals surface area contributed by atoms with Crippen LogP contribution in [-0.2, 0) is 9.59 Å². The molecule has 6 nitrogen and oxygen atoms in total. The highest BCUT2D eigenvalue weighted by molar-refractivity contribution is 6.33. The standard InChI is InChI=1S/C23H25ClF3N3O3/c1-15(2)16-3-6-18(7-4-16)33-14-21(31)28-17-5-8-20(19(24)13-17)29-9-11-30(12-10-29)22(32)23(25,26)27/h3-8,13,15H,9-12,14H2,1-2H3,(H,28,31). The Bertz CT molecular complexity index is 989. The molecule has 0 atom stereocenters. The van der Waals surface area contributed by atoms with Gasteiger partial charge in [0, 0.05) is 31.9 Å². The molecular weight excluding hydrogens is 459 g/mol. The molecule has 1 aliphatic rings. The molecule has 0 unspecified atom stereocenters. The predicted molar refractivity (Wildman–Crippen MR) is 121 cm³/mol. The number of halogens is 4. The van der Waals surface area contributed by atoms with Gasteiger partial charge in [0.05, 0.1) is 10.7 Å². The van der Waals surface area contributed by atoms with E-state index in [2.05, 4.69) is 19.2 Å². The van der Waals surface area contributed by atoms with Gasteiger partial charge in [0.25, 0.3) is 5.91 Å². The average Bonchev–Trinajstić information content (AvgIpc) is 2.77. The number of ether oxygens (including phenoxy) is 1. The van der Waals surface area contributed by atoms with E-state index in [1.165, 1.54) is 5.56 Å². The topological polar surface area (TPSA) is 61.9 Å². The van der Waals surface area contributed by atoms with E-state index in [1.807, 2.05) is 24.3 Å². The molecule has 0 bridgehead atoms. The second-order valence-corrected chi connectivity index (χ2v) is 8.41. The van der Waals surface area contributed by atoms with Gasteiger partial charge < -0.3 is 19.9 Å². The summed E-state index contributed by atoms with van der Waals surface area (Å²) in [5, 5.41) is 3.05. The SMILES string of the molecule is CC(C)c1ccc(OCC(=O)Nc2ccc(N3CCN(C(=O)C(F)(F)F)CC3)c(Cl)c2)cc1. The van der Waals surface area contributed by atoms with E-state index in [0.29, 0.717) is 28.1 Å². The molecule has 2 aromatic rings. The number of benzene rings is 2. The van der Waals surface area contributed by atoms with Gasteiger partial charge in [-0.3, -0.25) is 9.59 Å². The summed E-state index contributed by atoms with van der Waals surface area (Å²) in [4.78, 5) is 26.2. The van der Waals surface area contributed by atoms with Crippen LogP contribution in [0.25, 0.3) is 0 Å². The molecule has 0 aliphatic carbocycles. The van der Waals surface area contributed by atoms with Gasteiger partial charge in [0.2, 0.25) is 0 Å². The summed E-state index contributed by atoms with van der Waals surface area (Å²) in [6.45, 7) is 4.34. The zero-order valence-electron chi connectivity index (χ0n) is 18.3. The van der Waals surface area contributed by atoms with Gasteiger partial charge in [-0.15, -0.1) is 0 Å². The van der Waals surface area contributed by atoms with Gasteiger partial charge in [0.15, 0.2) is 6.61 Å². The third-order valence-corrected chi connectivity index (χ3v) is 5.60. The monoisotopic (exact) mass is 483 g/mol. The van der Waals surface area contributed by atoms with E-state index >= 15 is 0 Å². The van der Waals surface area contributed by atoms with Gasteiger partial charge in [-0.1, -0.05) is 37.6 Å². The summed E-state index contributed by atoms with van der Waals surface area (Å²) in [6.07, 6.45) is -4.87. The van der Waals surface area contributed by atoms with Crippen LogP contribution >= 0.6 is 11.6 Å². The summed E-state index contributed by atoms with van der Waals surface area (Å²) < 4.78 is 43.3. The number of rotatable bonds is 6. The molecule has 3 rings (SSSR count). The number of carbonyl (C=O) groups is 2. The lowest BCUT2D eigenvalue weighted by molar-refractivity contribution is -0.185. The van der Waals surface area contributed by atoms with E-state index in [9.17, 15) is 22.8 Å². The molecule has 1 heterocycles. The fraction of sp³-hybridized carbons (Fsp3) is 0.391. The van der Waals surface area contributed by atoms with Crippen LogP contribution in [0.2, 0.25) is 5.02 Å². The normalized spacial score (nSPS) is 14.4. The molecule has 0 saturated carbocycles. The first-order chi connectivity index (χ1) is 15.5. The highest BCUT2D eigenvalue weighted by Crippen LogP contribution is 2.30. The van der Waals surface area contributed by atoms with Crippen molar-refractivity contribution in [1.29, 1.82) is 0 Å². The lowest BCUT2D eigenvalue weighted by atomic mass is 10.0. The molecule has 0 aromatic heterocycles. The van der Waals surface area contributed by atoms with Gasteiger partial charge in [-0.05, 0) is 41.8 Å². The van der Waals surface area contributed by atoms with Crippen molar-refractivity contribution >= 4 is 34.8 Å². The van der Waals surface area contributed by atoms with E-state index in [0.717, 1.165) is 4.90 Å². The van der Waals surface area contributed by atoms with Crippen molar-refractivity contribution < 1.29 is 27.5 Å². The van der Waals surface area contributed by atoms with Crippen molar-refractivity contribution in [3.63, 3.8) is 0 Å². The molecule has 2 aromatic carbocycles. The summed E-state index contributed by atoms with van der Waals surface area (Å²) in [6, 6.07) is 12.4. The number of anilines is 2. The van der Waals surface area contributed by atoms with Crippen molar-refractivity contribution in [3.8, 4) is 5.75 Å². The lowest BCUT2D eigenvalue weighted by Crippen LogP contribution is -2.52. The van der Waals surface area contributed by atoms with Gasteiger partial charge in [0.1, 0.15) is 5.75 Å². The maximum absolute atomic E-state index is 12.6. The van der Waals surface area contributed by atoms with Crippen LogP contribution in [0.4, 0.5) is 24.5 Å². The molecule has 33 heavy (non-hydrogen) atoms. The molecule has 178 valence electrons. The van der Waals surface area contributed by atoms with Crippen LogP contribution in [0.3, 0.4) is 0 Å². The highest BCUT2D eigenvalue weighted by Gasteiger charge is 2.43. The Kier molecular flexibility index (Phi) is 7.73. The molecule has 0 radical (unpaired) electrons. The van der Waals surface area contributed by atoms with Crippen molar-refractivity contribution in [1.82, 2.24) is 4.90 Å². The number of nitrogens with one attached hydrogen (secondary N) is 1. The van der Waals surface area contributed by atoms with Crippen LogP contribution in [0.5, 0.6) is 5.75 Å². The summed E-state index contributed by atoms with van der Waals surface area (Å²) in [5.41, 5.74) is 2.27. The number of piperazine rings is 1. The van der Waals surface area contributed by atoms with E-state index in [-0.39, 0.29) is 38.7 Å². The zero-order valence-corrected chi connectivity index (χ0v) is 19.0. The summed E-state index contributed by atoms with van der Waals surface area (Å²) >= 11 is 6.35. The Morgan fingerprint density at radius 1 is 1.06 bits per heavy atom. The maximum atomic E-state index is 12.6. The lowest BCUT2D eigenvalue weighted by Gasteiger charge is -2.36. The molecule has 1 saturated heterocycles. The summed E-state index contributed by atoms with van der Waals surface area (Å²) in [5.74, 6) is -1.19. The number of alkyl halides is 3.